The lowest BCUT2D eigenvalue weighted by Gasteiger charge is -2.32. The van der Waals surface area contributed by atoms with Gasteiger partial charge in [-0.1, -0.05) is 30.3 Å². The molecular weight excluding hydrogens is 350 g/mol. The third-order valence-electron chi connectivity index (χ3n) is 5.20. The van der Waals surface area contributed by atoms with Crippen molar-refractivity contribution < 1.29 is 4.79 Å². The minimum Gasteiger partial charge on any atom is -0.368 e. The number of rotatable bonds is 4. The first-order valence-electron chi connectivity index (χ1n) is 8.99. The van der Waals surface area contributed by atoms with E-state index in [4.69, 9.17) is 17.3 Å². The van der Waals surface area contributed by atoms with Gasteiger partial charge in [0.2, 0.25) is 11.2 Å². The molecule has 1 aromatic carbocycles. The molecular formula is C19H22ClN5O. The number of benzene rings is 1. The second-order valence-corrected chi connectivity index (χ2v) is 7.28. The summed E-state index contributed by atoms with van der Waals surface area (Å²) >= 11 is 6.21. The first-order chi connectivity index (χ1) is 12.6. The van der Waals surface area contributed by atoms with Crippen LogP contribution in [-0.4, -0.2) is 39.9 Å². The van der Waals surface area contributed by atoms with Crippen molar-refractivity contribution in [3.63, 3.8) is 0 Å². The number of carbonyl (C=O) groups is 1. The Bertz CT molecular complexity index is 813. The standard InChI is InChI=1S/C19H22ClN5O/c20-19-22-15-12-24(11-13-5-2-1-3-6-13)10-8-14(15)18(23-19)25-9-4-7-16(25)17(21)26/h1-3,5-6,16H,4,7-12H2,(H2,21,26). The highest BCUT2D eigenvalue weighted by atomic mass is 35.5. The Balaban J connectivity index is 1.60. The Morgan fingerprint density at radius 1 is 1.23 bits per heavy atom. The quantitative estimate of drug-likeness (QED) is 0.833. The second-order valence-electron chi connectivity index (χ2n) is 6.94. The molecule has 0 bridgehead atoms. The average molecular weight is 372 g/mol. The van der Waals surface area contributed by atoms with Crippen LogP contribution in [0.4, 0.5) is 5.82 Å². The predicted octanol–water partition coefficient (Wildman–Crippen LogP) is 2.14. The highest BCUT2D eigenvalue weighted by Crippen LogP contribution is 2.32. The molecule has 6 nitrogen and oxygen atoms in total. The molecule has 26 heavy (non-hydrogen) atoms. The van der Waals surface area contributed by atoms with Crippen molar-refractivity contribution in [3.8, 4) is 0 Å². The van der Waals surface area contributed by atoms with E-state index in [2.05, 4.69) is 39.1 Å². The van der Waals surface area contributed by atoms with E-state index < -0.39 is 0 Å². The predicted molar refractivity (Wildman–Crippen MR) is 101 cm³/mol. The number of anilines is 1. The van der Waals surface area contributed by atoms with Crippen LogP contribution in [-0.2, 0) is 24.3 Å². The van der Waals surface area contributed by atoms with Gasteiger partial charge in [0.1, 0.15) is 11.9 Å². The first kappa shape index (κ1) is 17.2. The molecule has 4 rings (SSSR count). The van der Waals surface area contributed by atoms with E-state index in [-0.39, 0.29) is 17.2 Å². The molecule has 0 aliphatic carbocycles. The van der Waals surface area contributed by atoms with Crippen molar-refractivity contribution in [3.05, 3.63) is 52.4 Å². The van der Waals surface area contributed by atoms with Crippen LogP contribution in [0.15, 0.2) is 30.3 Å². The van der Waals surface area contributed by atoms with E-state index in [1.165, 1.54) is 5.56 Å². The smallest absolute Gasteiger partial charge is 0.240 e. The highest BCUT2D eigenvalue weighted by Gasteiger charge is 2.33. The Hall–Kier alpha value is -2.18. The molecule has 0 spiro atoms. The van der Waals surface area contributed by atoms with Crippen molar-refractivity contribution in [1.82, 2.24) is 14.9 Å². The lowest BCUT2D eigenvalue weighted by Crippen LogP contribution is -2.42. The minimum atomic E-state index is -0.299. The molecule has 2 aliphatic heterocycles. The van der Waals surface area contributed by atoms with E-state index in [0.717, 1.165) is 62.5 Å². The summed E-state index contributed by atoms with van der Waals surface area (Å²) in [5.74, 6) is 0.494. The SMILES string of the molecule is NC(=O)C1CCCN1c1nc(Cl)nc2c1CCN(Cc1ccccc1)C2. The normalized spacial score (nSPS) is 20.2. The lowest BCUT2D eigenvalue weighted by atomic mass is 10.0. The zero-order chi connectivity index (χ0) is 18.1. The summed E-state index contributed by atoms with van der Waals surface area (Å²) < 4.78 is 0. The van der Waals surface area contributed by atoms with Crippen LogP contribution in [0.25, 0.3) is 0 Å². The zero-order valence-corrected chi connectivity index (χ0v) is 15.3. The Kier molecular flexibility index (Phi) is 4.78. The van der Waals surface area contributed by atoms with E-state index >= 15 is 0 Å². The van der Waals surface area contributed by atoms with Gasteiger partial charge >= 0.3 is 0 Å². The summed E-state index contributed by atoms with van der Waals surface area (Å²) in [5.41, 5.74) is 8.92. The van der Waals surface area contributed by atoms with Crippen molar-refractivity contribution in [2.24, 2.45) is 5.73 Å². The summed E-state index contributed by atoms with van der Waals surface area (Å²) in [6.45, 7) is 3.31. The van der Waals surface area contributed by atoms with Crippen molar-refractivity contribution in [1.29, 1.82) is 0 Å². The van der Waals surface area contributed by atoms with Gasteiger partial charge in [0.15, 0.2) is 0 Å². The third kappa shape index (κ3) is 3.39. The summed E-state index contributed by atoms with van der Waals surface area (Å²) in [6.07, 6.45) is 2.55. The number of nitrogens with zero attached hydrogens (tertiary/aromatic N) is 4. The van der Waals surface area contributed by atoms with Crippen molar-refractivity contribution in [2.45, 2.75) is 38.4 Å². The fraction of sp³-hybridized carbons (Fsp3) is 0.421. The van der Waals surface area contributed by atoms with E-state index in [1.54, 1.807) is 0 Å². The minimum absolute atomic E-state index is 0.232. The molecule has 1 amide bonds. The maximum absolute atomic E-state index is 11.8. The topological polar surface area (TPSA) is 75.4 Å². The zero-order valence-electron chi connectivity index (χ0n) is 14.6. The van der Waals surface area contributed by atoms with Gasteiger partial charge in [0, 0.05) is 31.7 Å². The van der Waals surface area contributed by atoms with Gasteiger partial charge in [-0.05, 0) is 36.4 Å². The van der Waals surface area contributed by atoms with Crippen LogP contribution in [0.3, 0.4) is 0 Å². The van der Waals surface area contributed by atoms with Gasteiger partial charge in [-0.3, -0.25) is 9.69 Å². The molecule has 1 unspecified atom stereocenters. The van der Waals surface area contributed by atoms with Crippen LogP contribution >= 0.6 is 11.6 Å². The summed E-state index contributed by atoms with van der Waals surface area (Å²) in [5, 5.41) is 0.232. The number of nitrogens with two attached hydrogens (primary N) is 1. The molecule has 1 fully saturated rings. The van der Waals surface area contributed by atoms with Crippen LogP contribution in [0.1, 0.15) is 29.7 Å². The van der Waals surface area contributed by atoms with Gasteiger partial charge in [-0.25, -0.2) is 9.97 Å². The lowest BCUT2D eigenvalue weighted by molar-refractivity contribution is -0.119. The van der Waals surface area contributed by atoms with Crippen LogP contribution in [0, 0.1) is 0 Å². The first-order valence-corrected chi connectivity index (χ1v) is 9.37. The fourth-order valence-electron chi connectivity index (χ4n) is 3.97. The summed E-state index contributed by atoms with van der Waals surface area (Å²) in [6, 6.07) is 10.1. The molecule has 1 aromatic heterocycles. The van der Waals surface area contributed by atoms with Crippen LogP contribution < -0.4 is 10.6 Å². The van der Waals surface area contributed by atoms with Crippen molar-refractivity contribution >= 4 is 23.3 Å². The maximum Gasteiger partial charge on any atom is 0.240 e. The molecule has 2 N–H and O–H groups in total. The molecule has 0 saturated carbocycles. The second kappa shape index (κ2) is 7.21. The summed E-state index contributed by atoms with van der Waals surface area (Å²) in [4.78, 5) is 25.1. The Labute approximate surface area is 158 Å². The molecule has 7 heteroatoms. The molecule has 3 heterocycles. The Morgan fingerprint density at radius 3 is 2.81 bits per heavy atom. The molecule has 2 aromatic rings. The largest absolute Gasteiger partial charge is 0.368 e. The molecule has 0 radical (unpaired) electrons. The monoisotopic (exact) mass is 371 g/mol. The number of hydrogen-bond donors (Lipinski definition) is 1. The van der Waals surface area contributed by atoms with Gasteiger partial charge < -0.3 is 10.6 Å². The maximum atomic E-state index is 11.8. The van der Waals surface area contributed by atoms with E-state index in [1.807, 2.05) is 11.0 Å². The number of carbonyl (C=O) groups excluding carboxylic acids is 1. The number of halogens is 1. The van der Waals surface area contributed by atoms with Crippen LogP contribution in [0.2, 0.25) is 5.28 Å². The van der Waals surface area contributed by atoms with E-state index in [9.17, 15) is 4.79 Å². The molecule has 136 valence electrons. The number of aromatic nitrogens is 2. The van der Waals surface area contributed by atoms with Gasteiger partial charge in [0.05, 0.1) is 5.69 Å². The van der Waals surface area contributed by atoms with Gasteiger partial charge in [-0.2, -0.15) is 0 Å². The molecule has 2 aliphatic rings. The highest BCUT2D eigenvalue weighted by molar-refractivity contribution is 6.28. The average Bonchev–Trinajstić information content (AvgIpc) is 3.11. The summed E-state index contributed by atoms with van der Waals surface area (Å²) in [7, 11) is 0. The van der Waals surface area contributed by atoms with E-state index in [0.29, 0.717) is 0 Å². The number of primary amides is 1. The number of hydrogen-bond acceptors (Lipinski definition) is 5. The third-order valence-corrected chi connectivity index (χ3v) is 5.37. The van der Waals surface area contributed by atoms with Crippen molar-refractivity contribution in [2.75, 3.05) is 18.0 Å². The molecule has 1 saturated heterocycles. The number of fused-ring (bicyclic) bond motifs is 1. The van der Waals surface area contributed by atoms with Gasteiger partial charge in [-0.15, -0.1) is 0 Å². The molecule has 1 atom stereocenters. The fourth-order valence-corrected chi connectivity index (χ4v) is 4.15. The number of amides is 1. The van der Waals surface area contributed by atoms with Gasteiger partial charge in [0.25, 0.3) is 0 Å². The van der Waals surface area contributed by atoms with Crippen LogP contribution in [0.5, 0.6) is 0 Å². The Morgan fingerprint density at radius 2 is 2.04 bits per heavy atom.